The molecule has 0 atom stereocenters. The molecule has 2 aromatic rings. The Labute approximate surface area is 118 Å². The predicted molar refractivity (Wildman–Crippen MR) is 77.2 cm³/mol. The first-order chi connectivity index (χ1) is 9.61. The quantitative estimate of drug-likeness (QED) is 0.937. The van der Waals surface area contributed by atoms with Gasteiger partial charge in [-0.3, -0.25) is 0 Å². The Balaban J connectivity index is 1.90. The Bertz CT molecular complexity index is 699. The molecule has 2 aromatic carbocycles. The van der Waals surface area contributed by atoms with Gasteiger partial charge >= 0.3 is 0 Å². The lowest BCUT2D eigenvalue weighted by Gasteiger charge is -2.15. The number of hydrogen-bond acceptors (Lipinski definition) is 3. The minimum atomic E-state index is -3.44. The topological polar surface area (TPSA) is 63.4 Å². The first kappa shape index (κ1) is 13.3. The van der Waals surface area contributed by atoms with Crippen LogP contribution in [-0.2, 0) is 29.7 Å². The molecular formula is C15H16N2O2S. The molecule has 0 aromatic heterocycles. The van der Waals surface area contributed by atoms with Gasteiger partial charge in [0.1, 0.15) is 0 Å². The second kappa shape index (κ2) is 5.01. The first-order valence-electron chi connectivity index (χ1n) is 6.47. The number of sulfonamides is 1. The average Bonchev–Trinajstić information content (AvgIpc) is 2.92. The van der Waals surface area contributed by atoms with Gasteiger partial charge in [-0.2, -0.15) is 4.31 Å². The molecule has 5 heteroatoms. The largest absolute Gasteiger partial charge is 0.326 e. The predicted octanol–water partition coefficient (Wildman–Crippen LogP) is 1.85. The molecule has 2 N–H and O–H groups in total. The van der Waals surface area contributed by atoms with Crippen molar-refractivity contribution in [2.75, 3.05) is 0 Å². The highest BCUT2D eigenvalue weighted by Crippen LogP contribution is 2.28. The summed E-state index contributed by atoms with van der Waals surface area (Å²) in [5.41, 5.74) is 8.61. The van der Waals surface area contributed by atoms with E-state index in [1.54, 1.807) is 24.3 Å². The maximum Gasteiger partial charge on any atom is 0.243 e. The van der Waals surface area contributed by atoms with Gasteiger partial charge in [0.15, 0.2) is 0 Å². The van der Waals surface area contributed by atoms with Crippen LogP contribution in [0.25, 0.3) is 0 Å². The Hall–Kier alpha value is -1.69. The third-order valence-electron chi connectivity index (χ3n) is 3.61. The van der Waals surface area contributed by atoms with Crippen molar-refractivity contribution < 1.29 is 8.42 Å². The van der Waals surface area contributed by atoms with Gasteiger partial charge in [-0.25, -0.2) is 8.42 Å². The minimum Gasteiger partial charge on any atom is -0.326 e. The molecule has 0 aliphatic carbocycles. The minimum absolute atomic E-state index is 0.322. The standard InChI is InChI=1S/C15H16N2O2S/c16-9-12-5-7-15(8-6-12)20(18,19)17-10-13-3-1-2-4-14(13)11-17/h1-8H,9-11,16H2. The summed E-state index contributed by atoms with van der Waals surface area (Å²) >= 11 is 0. The second-order valence-electron chi connectivity index (χ2n) is 4.89. The Kier molecular flexibility index (Phi) is 3.33. The van der Waals surface area contributed by atoms with Crippen molar-refractivity contribution in [3.05, 3.63) is 65.2 Å². The second-order valence-corrected chi connectivity index (χ2v) is 6.83. The van der Waals surface area contributed by atoms with Crippen molar-refractivity contribution in [1.29, 1.82) is 0 Å². The van der Waals surface area contributed by atoms with Gasteiger partial charge in [-0.1, -0.05) is 36.4 Å². The average molecular weight is 288 g/mol. The van der Waals surface area contributed by atoms with E-state index in [0.29, 0.717) is 24.5 Å². The van der Waals surface area contributed by atoms with Crippen LogP contribution in [0.2, 0.25) is 0 Å². The lowest BCUT2D eigenvalue weighted by atomic mass is 10.1. The molecular weight excluding hydrogens is 272 g/mol. The highest BCUT2D eigenvalue weighted by molar-refractivity contribution is 7.89. The zero-order chi connectivity index (χ0) is 14.2. The van der Waals surface area contributed by atoms with E-state index in [9.17, 15) is 8.42 Å². The Morgan fingerprint density at radius 3 is 2.00 bits per heavy atom. The van der Waals surface area contributed by atoms with Crippen LogP contribution in [0.4, 0.5) is 0 Å². The fourth-order valence-corrected chi connectivity index (χ4v) is 3.81. The van der Waals surface area contributed by atoms with Crippen molar-refractivity contribution in [3.63, 3.8) is 0 Å². The number of fused-ring (bicyclic) bond motifs is 1. The van der Waals surface area contributed by atoms with Crippen molar-refractivity contribution in [1.82, 2.24) is 4.31 Å². The van der Waals surface area contributed by atoms with Gasteiger partial charge in [0.25, 0.3) is 0 Å². The number of nitrogens with two attached hydrogens (primary N) is 1. The summed E-state index contributed by atoms with van der Waals surface area (Å²) in [5, 5.41) is 0. The van der Waals surface area contributed by atoms with Gasteiger partial charge in [-0.05, 0) is 28.8 Å². The van der Waals surface area contributed by atoms with E-state index >= 15 is 0 Å². The molecule has 104 valence electrons. The maximum absolute atomic E-state index is 12.6. The molecule has 0 saturated heterocycles. The molecule has 1 aliphatic rings. The van der Waals surface area contributed by atoms with Crippen LogP contribution in [-0.4, -0.2) is 12.7 Å². The number of benzene rings is 2. The summed E-state index contributed by atoms with van der Waals surface area (Å²) in [5.74, 6) is 0. The van der Waals surface area contributed by atoms with Crippen LogP contribution >= 0.6 is 0 Å². The van der Waals surface area contributed by atoms with Crippen molar-refractivity contribution >= 4 is 10.0 Å². The fraction of sp³-hybridized carbons (Fsp3) is 0.200. The number of rotatable bonds is 3. The van der Waals surface area contributed by atoms with Gasteiger partial charge in [-0.15, -0.1) is 0 Å². The van der Waals surface area contributed by atoms with E-state index in [1.165, 1.54) is 4.31 Å². The smallest absolute Gasteiger partial charge is 0.243 e. The van der Waals surface area contributed by atoms with Crippen LogP contribution < -0.4 is 5.73 Å². The van der Waals surface area contributed by atoms with Crippen molar-refractivity contribution in [2.24, 2.45) is 5.73 Å². The SMILES string of the molecule is NCc1ccc(S(=O)(=O)N2Cc3ccccc3C2)cc1. The van der Waals surface area contributed by atoms with Crippen molar-refractivity contribution in [3.8, 4) is 0 Å². The molecule has 0 bridgehead atoms. The summed E-state index contributed by atoms with van der Waals surface area (Å²) in [4.78, 5) is 0.322. The summed E-state index contributed by atoms with van der Waals surface area (Å²) in [6.07, 6.45) is 0. The zero-order valence-electron chi connectivity index (χ0n) is 11.0. The van der Waals surface area contributed by atoms with E-state index in [2.05, 4.69) is 0 Å². The van der Waals surface area contributed by atoms with Crippen LogP contribution in [0.3, 0.4) is 0 Å². The first-order valence-corrected chi connectivity index (χ1v) is 7.91. The highest BCUT2D eigenvalue weighted by Gasteiger charge is 2.30. The Morgan fingerprint density at radius 1 is 0.950 bits per heavy atom. The van der Waals surface area contributed by atoms with E-state index in [0.717, 1.165) is 16.7 Å². The molecule has 0 amide bonds. The van der Waals surface area contributed by atoms with Gasteiger partial charge in [0, 0.05) is 19.6 Å². The summed E-state index contributed by atoms with van der Waals surface area (Å²) in [6.45, 7) is 1.30. The summed E-state index contributed by atoms with van der Waals surface area (Å²) in [7, 11) is -3.44. The molecule has 4 nitrogen and oxygen atoms in total. The van der Waals surface area contributed by atoms with Crippen LogP contribution in [0.1, 0.15) is 16.7 Å². The third kappa shape index (κ3) is 2.24. The van der Waals surface area contributed by atoms with Crippen LogP contribution in [0, 0.1) is 0 Å². The normalized spacial score (nSPS) is 15.2. The molecule has 0 saturated carbocycles. The monoisotopic (exact) mass is 288 g/mol. The van der Waals surface area contributed by atoms with E-state index < -0.39 is 10.0 Å². The van der Waals surface area contributed by atoms with Crippen LogP contribution in [0.15, 0.2) is 53.4 Å². The summed E-state index contributed by atoms with van der Waals surface area (Å²) < 4.78 is 26.7. The van der Waals surface area contributed by atoms with E-state index in [-0.39, 0.29) is 0 Å². The fourth-order valence-electron chi connectivity index (χ4n) is 2.42. The molecule has 20 heavy (non-hydrogen) atoms. The van der Waals surface area contributed by atoms with Crippen LogP contribution in [0.5, 0.6) is 0 Å². The van der Waals surface area contributed by atoms with Crippen molar-refractivity contribution in [2.45, 2.75) is 24.5 Å². The molecule has 0 fully saturated rings. The van der Waals surface area contributed by atoms with Gasteiger partial charge in [0.2, 0.25) is 10.0 Å². The Morgan fingerprint density at radius 2 is 1.50 bits per heavy atom. The molecule has 0 unspecified atom stereocenters. The summed E-state index contributed by atoms with van der Waals surface area (Å²) in [6, 6.07) is 14.6. The number of hydrogen-bond donors (Lipinski definition) is 1. The highest BCUT2D eigenvalue weighted by atomic mass is 32.2. The lowest BCUT2D eigenvalue weighted by Crippen LogP contribution is -2.25. The molecule has 1 heterocycles. The zero-order valence-corrected chi connectivity index (χ0v) is 11.8. The molecule has 3 rings (SSSR count). The van der Waals surface area contributed by atoms with E-state index in [1.807, 2.05) is 24.3 Å². The van der Waals surface area contributed by atoms with E-state index in [4.69, 9.17) is 5.73 Å². The lowest BCUT2D eigenvalue weighted by molar-refractivity contribution is 0.431. The molecule has 0 spiro atoms. The maximum atomic E-state index is 12.6. The molecule has 0 radical (unpaired) electrons. The van der Waals surface area contributed by atoms with Gasteiger partial charge in [0.05, 0.1) is 4.90 Å². The third-order valence-corrected chi connectivity index (χ3v) is 5.41. The van der Waals surface area contributed by atoms with Gasteiger partial charge < -0.3 is 5.73 Å². The molecule has 1 aliphatic heterocycles. The number of nitrogens with zero attached hydrogens (tertiary/aromatic N) is 1.